The highest BCUT2D eigenvalue weighted by atomic mass is 32.2. The van der Waals surface area contributed by atoms with Gasteiger partial charge in [-0.05, 0) is 70.1 Å². The molecule has 0 bridgehead atoms. The first-order valence-electron chi connectivity index (χ1n) is 9.40. The van der Waals surface area contributed by atoms with Crippen LogP contribution in [0.2, 0.25) is 0 Å². The van der Waals surface area contributed by atoms with Gasteiger partial charge in [-0.2, -0.15) is 5.26 Å². The molecule has 1 aliphatic heterocycles. The molecular weight excluding hydrogens is 374 g/mol. The number of nitriles is 1. The van der Waals surface area contributed by atoms with Gasteiger partial charge in [-0.15, -0.1) is 0 Å². The van der Waals surface area contributed by atoms with E-state index in [-0.39, 0.29) is 6.09 Å². The molecule has 1 fully saturated rings. The van der Waals surface area contributed by atoms with Crippen LogP contribution in [0.5, 0.6) is 0 Å². The standard InChI is InChI=1S/C20H29N5O2S/c1-20(2,3)27-19(26)25-11-5-6-15(13-25)12-22-16-7-9-17(10-8-16)24-18(28-4)23-14-21/h7-10,15,22H,5-6,11-13H2,1-4H3,(H,23,24). The zero-order valence-corrected chi connectivity index (χ0v) is 17.8. The summed E-state index contributed by atoms with van der Waals surface area (Å²) in [4.78, 5) is 18.5. The second kappa shape index (κ2) is 10.2. The molecule has 2 N–H and O–H groups in total. The van der Waals surface area contributed by atoms with Crippen molar-refractivity contribution in [3.8, 4) is 6.19 Å². The highest BCUT2D eigenvalue weighted by molar-refractivity contribution is 8.13. The van der Waals surface area contributed by atoms with Gasteiger partial charge < -0.3 is 15.0 Å². The normalized spacial score (nSPS) is 17.6. The summed E-state index contributed by atoms with van der Waals surface area (Å²) in [6.07, 6.45) is 5.60. The van der Waals surface area contributed by atoms with Gasteiger partial charge in [-0.1, -0.05) is 11.8 Å². The zero-order chi connectivity index (χ0) is 20.6. The van der Waals surface area contributed by atoms with Gasteiger partial charge >= 0.3 is 6.09 Å². The summed E-state index contributed by atoms with van der Waals surface area (Å²) in [7, 11) is 0. The molecule has 1 aromatic carbocycles. The first kappa shape index (κ1) is 21.9. The Kier molecular flexibility index (Phi) is 8.00. The molecule has 1 aromatic rings. The van der Waals surface area contributed by atoms with Gasteiger partial charge in [-0.3, -0.25) is 5.32 Å². The lowest BCUT2D eigenvalue weighted by atomic mass is 9.98. The van der Waals surface area contributed by atoms with Gasteiger partial charge in [0.25, 0.3) is 0 Å². The smallest absolute Gasteiger partial charge is 0.410 e. The molecule has 1 amide bonds. The van der Waals surface area contributed by atoms with Crippen molar-refractivity contribution in [3.05, 3.63) is 24.3 Å². The number of piperidine rings is 1. The topological polar surface area (TPSA) is 89.8 Å². The third kappa shape index (κ3) is 7.31. The van der Waals surface area contributed by atoms with Crippen molar-refractivity contribution < 1.29 is 9.53 Å². The number of hydrogen-bond acceptors (Lipinski definition) is 6. The van der Waals surface area contributed by atoms with Crippen LogP contribution in [0.4, 0.5) is 16.2 Å². The molecule has 1 atom stereocenters. The van der Waals surface area contributed by atoms with Crippen molar-refractivity contribution >= 4 is 34.4 Å². The molecule has 0 spiro atoms. The molecule has 0 aliphatic carbocycles. The van der Waals surface area contributed by atoms with E-state index in [0.717, 1.165) is 37.3 Å². The number of amidine groups is 1. The quantitative estimate of drug-likeness (QED) is 0.339. The number of anilines is 1. The predicted octanol–water partition coefficient (Wildman–Crippen LogP) is 4.17. The van der Waals surface area contributed by atoms with E-state index in [1.807, 2.05) is 62.4 Å². The molecule has 0 saturated carbocycles. The highest BCUT2D eigenvalue weighted by Crippen LogP contribution is 2.22. The third-order valence-electron chi connectivity index (χ3n) is 4.22. The fourth-order valence-electron chi connectivity index (χ4n) is 2.93. The Balaban J connectivity index is 1.86. The van der Waals surface area contributed by atoms with Gasteiger partial charge in [0.05, 0.1) is 5.69 Å². The van der Waals surface area contributed by atoms with Crippen LogP contribution in [-0.2, 0) is 4.74 Å². The average Bonchev–Trinajstić information content (AvgIpc) is 2.66. The SMILES string of the molecule is CSC(=Nc1ccc(NCC2CCCN(C(=O)OC(C)(C)C)C2)cc1)NC#N. The molecule has 0 radical (unpaired) electrons. The van der Waals surface area contributed by atoms with Gasteiger partial charge in [0.1, 0.15) is 5.60 Å². The Morgan fingerprint density at radius 3 is 2.71 bits per heavy atom. The molecule has 7 nitrogen and oxygen atoms in total. The van der Waals surface area contributed by atoms with Crippen molar-refractivity contribution in [2.75, 3.05) is 31.2 Å². The monoisotopic (exact) mass is 403 g/mol. The van der Waals surface area contributed by atoms with E-state index in [4.69, 9.17) is 10.00 Å². The maximum Gasteiger partial charge on any atom is 0.410 e. The molecule has 1 saturated heterocycles. The summed E-state index contributed by atoms with van der Waals surface area (Å²) in [6, 6.07) is 7.76. The summed E-state index contributed by atoms with van der Waals surface area (Å²) in [5.41, 5.74) is 1.32. The van der Waals surface area contributed by atoms with Crippen LogP contribution in [-0.4, -0.2) is 47.7 Å². The van der Waals surface area contributed by atoms with Crippen LogP contribution in [0.1, 0.15) is 33.6 Å². The molecule has 28 heavy (non-hydrogen) atoms. The summed E-state index contributed by atoms with van der Waals surface area (Å²) >= 11 is 1.39. The van der Waals surface area contributed by atoms with E-state index in [2.05, 4.69) is 15.6 Å². The lowest BCUT2D eigenvalue weighted by molar-refractivity contribution is 0.0172. The van der Waals surface area contributed by atoms with Crippen LogP contribution >= 0.6 is 11.8 Å². The summed E-state index contributed by atoms with van der Waals surface area (Å²) in [5.74, 6) is 0.391. The largest absolute Gasteiger partial charge is 0.444 e. The van der Waals surface area contributed by atoms with Crippen molar-refractivity contribution in [1.29, 1.82) is 5.26 Å². The molecule has 1 unspecified atom stereocenters. The number of aliphatic imine (C=N–C) groups is 1. The molecule has 0 aromatic heterocycles. The van der Waals surface area contributed by atoms with E-state index in [0.29, 0.717) is 17.6 Å². The number of amides is 1. The van der Waals surface area contributed by atoms with Crippen LogP contribution in [0.3, 0.4) is 0 Å². The third-order valence-corrected chi connectivity index (χ3v) is 4.80. The number of likely N-dealkylation sites (tertiary alicyclic amines) is 1. The molecule has 1 heterocycles. The minimum absolute atomic E-state index is 0.227. The van der Waals surface area contributed by atoms with Gasteiger partial charge in [0.2, 0.25) is 0 Å². The van der Waals surface area contributed by atoms with Crippen LogP contribution in [0.25, 0.3) is 0 Å². The minimum Gasteiger partial charge on any atom is -0.444 e. The minimum atomic E-state index is -0.467. The first-order chi connectivity index (χ1) is 13.3. The molecular formula is C20H29N5O2S. The van der Waals surface area contributed by atoms with Crippen molar-refractivity contribution in [1.82, 2.24) is 10.2 Å². The summed E-state index contributed by atoms with van der Waals surface area (Å²) in [5, 5.41) is 15.2. The molecule has 8 heteroatoms. The van der Waals surface area contributed by atoms with E-state index in [9.17, 15) is 4.79 Å². The van der Waals surface area contributed by atoms with Crippen LogP contribution in [0, 0.1) is 17.4 Å². The van der Waals surface area contributed by atoms with Gasteiger partial charge in [0.15, 0.2) is 11.4 Å². The fourth-order valence-corrected chi connectivity index (χ4v) is 3.27. The zero-order valence-electron chi connectivity index (χ0n) is 17.0. The second-order valence-corrected chi connectivity index (χ2v) is 8.52. The number of nitrogens with one attached hydrogen (secondary N) is 2. The van der Waals surface area contributed by atoms with E-state index in [1.54, 1.807) is 0 Å². The Hall–Kier alpha value is -2.40. The van der Waals surface area contributed by atoms with Gasteiger partial charge in [-0.25, -0.2) is 9.79 Å². The maximum absolute atomic E-state index is 12.3. The van der Waals surface area contributed by atoms with Crippen molar-refractivity contribution in [2.45, 2.75) is 39.2 Å². The Bertz CT molecular complexity index is 722. The molecule has 152 valence electrons. The summed E-state index contributed by atoms with van der Waals surface area (Å²) < 4.78 is 5.49. The number of benzene rings is 1. The van der Waals surface area contributed by atoms with E-state index in [1.165, 1.54) is 11.8 Å². The van der Waals surface area contributed by atoms with Crippen LogP contribution in [0.15, 0.2) is 29.3 Å². The number of hydrogen-bond donors (Lipinski definition) is 2. The number of carbonyl (C=O) groups is 1. The van der Waals surface area contributed by atoms with Crippen LogP contribution < -0.4 is 10.6 Å². The Morgan fingerprint density at radius 1 is 1.39 bits per heavy atom. The van der Waals surface area contributed by atoms with Crippen molar-refractivity contribution in [2.24, 2.45) is 10.9 Å². The number of rotatable bonds is 4. The fraction of sp³-hybridized carbons (Fsp3) is 0.550. The number of thioether (sulfide) groups is 1. The highest BCUT2D eigenvalue weighted by Gasteiger charge is 2.27. The number of ether oxygens (including phenoxy) is 1. The molecule has 2 rings (SSSR count). The van der Waals surface area contributed by atoms with E-state index < -0.39 is 5.60 Å². The average molecular weight is 404 g/mol. The van der Waals surface area contributed by atoms with E-state index >= 15 is 0 Å². The summed E-state index contributed by atoms with van der Waals surface area (Å²) in [6.45, 7) is 7.93. The van der Waals surface area contributed by atoms with Crippen molar-refractivity contribution in [3.63, 3.8) is 0 Å². The lowest BCUT2D eigenvalue weighted by Crippen LogP contribution is -2.44. The molecule has 1 aliphatic rings. The Labute approximate surface area is 171 Å². The number of nitrogens with zero attached hydrogens (tertiary/aromatic N) is 3. The predicted molar refractivity (Wildman–Crippen MR) is 115 cm³/mol. The maximum atomic E-state index is 12.3. The lowest BCUT2D eigenvalue weighted by Gasteiger charge is -2.34. The first-order valence-corrected chi connectivity index (χ1v) is 10.6. The number of carbonyl (C=O) groups excluding carboxylic acids is 1. The van der Waals surface area contributed by atoms with Gasteiger partial charge in [0, 0.05) is 25.3 Å². The Morgan fingerprint density at radius 2 is 2.11 bits per heavy atom. The second-order valence-electron chi connectivity index (χ2n) is 7.72.